The van der Waals surface area contributed by atoms with E-state index in [4.69, 9.17) is 9.97 Å². The minimum atomic E-state index is 0.713. The molecule has 11 aromatic rings. The van der Waals surface area contributed by atoms with Crippen molar-refractivity contribution in [3.8, 4) is 17.2 Å². The van der Waals surface area contributed by atoms with Crippen LogP contribution in [0.4, 0.5) is 0 Å². The lowest BCUT2D eigenvalue weighted by Crippen LogP contribution is -2.02. The highest BCUT2D eigenvalue weighted by atomic mass is 32.2. The second kappa shape index (κ2) is 9.21. The van der Waals surface area contributed by atoms with E-state index in [9.17, 15) is 0 Å². The Balaban J connectivity index is 1.37. The quantitative estimate of drug-likeness (QED) is 0.188. The molecular weight excluding hydrogens is 619 g/mol. The normalized spacial score (nSPS) is 12.3. The first-order chi connectivity index (χ1) is 22.8. The Bertz CT molecular complexity index is 3030. The molecule has 6 heteroatoms. The molecule has 0 saturated heterocycles. The Morgan fingerprint density at radius 2 is 1.07 bits per heavy atom. The summed E-state index contributed by atoms with van der Waals surface area (Å²) in [6.45, 7) is 0. The van der Waals surface area contributed by atoms with E-state index in [1.54, 1.807) is 11.3 Å². The number of para-hydroxylation sites is 1. The van der Waals surface area contributed by atoms with Crippen LogP contribution in [0.25, 0.3) is 99.7 Å². The van der Waals surface area contributed by atoms with Crippen molar-refractivity contribution in [3.63, 3.8) is 0 Å². The fourth-order valence-corrected chi connectivity index (χ4v) is 11.2. The number of aromatic nitrogens is 3. The van der Waals surface area contributed by atoms with Crippen LogP contribution in [0.1, 0.15) is 0 Å². The van der Waals surface area contributed by atoms with Gasteiger partial charge in [-0.15, -0.1) is 34.0 Å². The standard InChI is InChI=1S/C40H21N3S3/c1-2-12-22(13-3-1)35-34-33-27-18-8-11-21-30(27)45-39(33)46-38(34)42-40(41-35)43-28-19-9-6-16-25(28)31-23-14-4-5-15-24(23)32-26-17-7-10-20-29(26)44-37(32)36(31)43/h1-21H. The third-order valence-corrected chi connectivity index (χ3v) is 12.8. The molecule has 0 aliphatic rings. The molecule has 0 radical (unpaired) electrons. The van der Waals surface area contributed by atoms with Gasteiger partial charge in [0, 0.05) is 52.7 Å². The average Bonchev–Trinajstić information content (AvgIpc) is 3.86. The maximum absolute atomic E-state index is 5.53. The van der Waals surface area contributed by atoms with Crippen molar-refractivity contribution in [2.45, 2.75) is 0 Å². The first-order valence-corrected chi connectivity index (χ1v) is 17.7. The SMILES string of the molecule is c1ccc(-c2nc(-n3c4ccccc4c4c5ccccc5c5c6ccccc6sc5c43)nc3sc4sc5ccccc5c4c23)cc1. The summed E-state index contributed by atoms with van der Waals surface area (Å²) >= 11 is 5.50. The van der Waals surface area contributed by atoms with Crippen LogP contribution in [0.15, 0.2) is 127 Å². The molecule has 0 bridgehead atoms. The zero-order valence-electron chi connectivity index (χ0n) is 24.2. The lowest BCUT2D eigenvalue weighted by atomic mass is 9.99. The minimum absolute atomic E-state index is 0.713. The highest BCUT2D eigenvalue weighted by molar-refractivity contribution is 7.44. The molecule has 0 N–H and O–H groups in total. The second-order valence-corrected chi connectivity index (χ2v) is 15.1. The summed E-state index contributed by atoms with van der Waals surface area (Å²) in [4.78, 5) is 12.0. The molecule has 46 heavy (non-hydrogen) atoms. The van der Waals surface area contributed by atoms with Gasteiger partial charge in [0.25, 0.3) is 0 Å². The van der Waals surface area contributed by atoms with Gasteiger partial charge >= 0.3 is 0 Å². The van der Waals surface area contributed by atoms with Gasteiger partial charge in [-0.05, 0) is 29.0 Å². The fourth-order valence-electron chi connectivity index (χ4n) is 7.39. The van der Waals surface area contributed by atoms with Crippen molar-refractivity contribution in [2.24, 2.45) is 0 Å². The van der Waals surface area contributed by atoms with Gasteiger partial charge in [0.2, 0.25) is 5.95 Å². The Morgan fingerprint density at radius 1 is 0.457 bits per heavy atom. The summed E-state index contributed by atoms with van der Waals surface area (Å²) in [7, 11) is 0. The minimum Gasteiger partial charge on any atom is -0.276 e. The predicted molar refractivity (Wildman–Crippen MR) is 200 cm³/mol. The fraction of sp³-hybridized carbons (Fsp3) is 0. The highest BCUT2D eigenvalue weighted by Gasteiger charge is 2.25. The molecule has 0 aliphatic carbocycles. The van der Waals surface area contributed by atoms with Crippen molar-refractivity contribution in [3.05, 3.63) is 127 Å². The number of thiophene rings is 3. The van der Waals surface area contributed by atoms with Crippen LogP contribution in [0, 0.1) is 0 Å². The van der Waals surface area contributed by atoms with Crippen molar-refractivity contribution in [1.82, 2.24) is 14.5 Å². The predicted octanol–water partition coefficient (Wildman–Crippen LogP) is 12.3. The zero-order valence-corrected chi connectivity index (χ0v) is 26.6. The number of benzene rings is 6. The van der Waals surface area contributed by atoms with E-state index in [1.807, 2.05) is 22.7 Å². The summed E-state index contributed by atoms with van der Waals surface area (Å²) in [5, 5.41) is 11.3. The molecule has 11 rings (SSSR count). The lowest BCUT2D eigenvalue weighted by molar-refractivity contribution is 1.02. The van der Waals surface area contributed by atoms with Crippen LogP contribution in [-0.4, -0.2) is 14.5 Å². The first kappa shape index (κ1) is 25.1. The van der Waals surface area contributed by atoms with Gasteiger partial charge in [-0.1, -0.05) is 109 Å². The Kier molecular flexibility index (Phi) is 5.02. The summed E-state index contributed by atoms with van der Waals surface area (Å²) in [6.07, 6.45) is 0. The van der Waals surface area contributed by atoms with Crippen LogP contribution in [0.2, 0.25) is 0 Å². The summed E-state index contributed by atoms with van der Waals surface area (Å²) in [6, 6.07) is 45.8. The number of hydrogen-bond donors (Lipinski definition) is 0. The van der Waals surface area contributed by atoms with Gasteiger partial charge in [0.05, 0.1) is 25.4 Å². The molecule has 0 fully saturated rings. The van der Waals surface area contributed by atoms with Crippen molar-refractivity contribution in [2.75, 3.05) is 0 Å². The highest BCUT2D eigenvalue weighted by Crippen LogP contribution is 2.49. The average molecular weight is 640 g/mol. The van der Waals surface area contributed by atoms with Gasteiger partial charge in [0.1, 0.15) is 4.83 Å². The number of fused-ring (bicyclic) bond motifs is 15. The Morgan fingerprint density at radius 3 is 1.85 bits per heavy atom. The number of rotatable bonds is 2. The van der Waals surface area contributed by atoms with E-state index in [0.29, 0.717) is 5.95 Å². The summed E-state index contributed by atoms with van der Waals surface area (Å²) in [5.74, 6) is 0.713. The maximum Gasteiger partial charge on any atom is 0.236 e. The van der Waals surface area contributed by atoms with E-state index in [1.165, 1.54) is 66.7 Å². The molecule has 6 aromatic carbocycles. The molecule has 3 nitrogen and oxygen atoms in total. The van der Waals surface area contributed by atoms with E-state index in [-0.39, 0.29) is 0 Å². The molecule has 0 atom stereocenters. The Labute approximate surface area is 274 Å². The van der Waals surface area contributed by atoms with Gasteiger partial charge in [-0.25, -0.2) is 9.97 Å². The van der Waals surface area contributed by atoms with Gasteiger partial charge in [-0.2, -0.15) is 0 Å². The molecule has 0 unspecified atom stereocenters. The third-order valence-electron chi connectivity index (χ3n) is 9.26. The van der Waals surface area contributed by atoms with Crippen LogP contribution >= 0.6 is 34.0 Å². The maximum atomic E-state index is 5.53. The van der Waals surface area contributed by atoms with E-state index >= 15 is 0 Å². The van der Waals surface area contributed by atoms with Crippen LogP contribution in [0.5, 0.6) is 0 Å². The van der Waals surface area contributed by atoms with Gasteiger partial charge in [0.15, 0.2) is 0 Å². The van der Waals surface area contributed by atoms with Gasteiger partial charge < -0.3 is 0 Å². The monoisotopic (exact) mass is 639 g/mol. The molecule has 5 aromatic heterocycles. The second-order valence-electron chi connectivity index (χ2n) is 11.7. The van der Waals surface area contributed by atoms with Crippen molar-refractivity contribution in [1.29, 1.82) is 0 Å². The topological polar surface area (TPSA) is 30.7 Å². The molecule has 0 saturated carbocycles. The molecule has 0 aliphatic heterocycles. The first-order valence-electron chi connectivity index (χ1n) is 15.3. The number of hydrogen-bond acceptors (Lipinski definition) is 5. The molecule has 0 spiro atoms. The van der Waals surface area contributed by atoms with Crippen LogP contribution in [0.3, 0.4) is 0 Å². The van der Waals surface area contributed by atoms with Crippen LogP contribution < -0.4 is 0 Å². The van der Waals surface area contributed by atoms with E-state index < -0.39 is 0 Å². The molecule has 0 amide bonds. The molecule has 214 valence electrons. The van der Waals surface area contributed by atoms with Crippen molar-refractivity contribution < 1.29 is 0 Å². The molecule has 5 heterocycles. The van der Waals surface area contributed by atoms with E-state index in [0.717, 1.165) is 27.0 Å². The summed E-state index contributed by atoms with van der Waals surface area (Å²) < 4.78 is 7.50. The molecular formula is C40H21N3S3. The summed E-state index contributed by atoms with van der Waals surface area (Å²) in [5.41, 5.74) is 4.38. The largest absolute Gasteiger partial charge is 0.276 e. The lowest BCUT2D eigenvalue weighted by Gasteiger charge is -2.11. The number of nitrogens with zero attached hydrogens (tertiary/aromatic N) is 3. The van der Waals surface area contributed by atoms with Crippen LogP contribution in [-0.2, 0) is 0 Å². The third kappa shape index (κ3) is 3.25. The Hall–Kier alpha value is -5.14. The van der Waals surface area contributed by atoms with Gasteiger partial charge in [-0.3, -0.25) is 4.57 Å². The zero-order chi connectivity index (χ0) is 29.9. The van der Waals surface area contributed by atoms with E-state index in [2.05, 4.69) is 132 Å². The smallest absolute Gasteiger partial charge is 0.236 e. The van der Waals surface area contributed by atoms with Crippen molar-refractivity contribution >= 4 is 116 Å².